The van der Waals surface area contributed by atoms with E-state index in [2.05, 4.69) is 0 Å². The lowest BCUT2D eigenvalue weighted by atomic mass is 9.92. The number of carbonyl (C=O) groups is 2. The van der Waals surface area contributed by atoms with Crippen LogP contribution in [-0.2, 0) is 13.1 Å². The topological polar surface area (TPSA) is 37.4 Å². The third kappa shape index (κ3) is 3.58. The van der Waals surface area contributed by atoms with Crippen molar-refractivity contribution in [3.8, 4) is 0 Å². The first-order chi connectivity index (χ1) is 13.2. The monoisotopic (exact) mass is 353 g/mol. The Hall–Kier alpha value is -3.46. The zero-order chi connectivity index (χ0) is 18.6. The molecule has 0 aliphatic heterocycles. The molecule has 0 N–H and O–H groups in total. The van der Waals surface area contributed by atoms with Gasteiger partial charge in [-0.2, -0.15) is 0 Å². The van der Waals surface area contributed by atoms with Crippen molar-refractivity contribution in [3.63, 3.8) is 0 Å². The van der Waals surface area contributed by atoms with E-state index in [4.69, 9.17) is 0 Å². The standard InChI is InChI=1S/C24H19NO2/c26-23-15-22(24(27)21-14-8-7-13-20(21)23)25(16-18-9-3-1-4-10-18)17-19-11-5-2-6-12-19/h1-15H,16-17H2. The molecule has 1 aliphatic rings. The number of benzene rings is 3. The van der Waals surface area contributed by atoms with Crippen LogP contribution in [0.3, 0.4) is 0 Å². The van der Waals surface area contributed by atoms with E-state index in [9.17, 15) is 9.59 Å². The maximum atomic E-state index is 13.1. The molecule has 0 aromatic heterocycles. The molecule has 27 heavy (non-hydrogen) atoms. The summed E-state index contributed by atoms with van der Waals surface area (Å²) in [7, 11) is 0. The first-order valence-electron chi connectivity index (χ1n) is 8.95. The predicted molar refractivity (Wildman–Crippen MR) is 105 cm³/mol. The molecule has 0 saturated carbocycles. The Labute approximate surface area is 158 Å². The molecule has 0 radical (unpaired) electrons. The molecular weight excluding hydrogens is 334 g/mol. The fraction of sp³-hybridized carbons (Fsp3) is 0.0833. The summed E-state index contributed by atoms with van der Waals surface area (Å²) in [4.78, 5) is 27.7. The van der Waals surface area contributed by atoms with Crippen LogP contribution in [0.2, 0.25) is 0 Å². The molecule has 0 bridgehead atoms. The Morgan fingerprint density at radius 2 is 1.07 bits per heavy atom. The van der Waals surface area contributed by atoms with E-state index < -0.39 is 0 Å². The SMILES string of the molecule is O=C1C=C(N(Cc2ccccc2)Cc2ccccc2)C(=O)c2ccccc21. The fourth-order valence-electron chi connectivity index (χ4n) is 3.37. The van der Waals surface area contributed by atoms with Crippen LogP contribution in [0.5, 0.6) is 0 Å². The number of nitrogens with zero attached hydrogens (tertiary/aromatic N) is 1. The zero-order valence-corrected chi connectivity index (χ0v) is 14.8. The molecule has 0 saturated heterocycles. The second-order valence-electron chi connectivity index (χ2n) is 6.60. The van der Waals surface area contributed by atoms with Crippen molar-refractivity contribution in [1.82, 2.24) is 4.90 Å². The molecule has 1 aliphatic carbocycles. The van der Waals surface area contributed by atoms with Crippen LogP contribution in [0.1, 0.15) is 31.8 Å². The Morgan fingerprint density at radius 3 is 1.63 bits per heavy atom. The summed E-state index contributed by atoms with van der Waals surface area (Å²) in [5.41, 5.74) is 3.59. The Bertz CT molecular complexity index is 965. The summed E-state index contributed by atoms with van der Waals surface area (Å²) < 4.78 is 0. The van der Waals surface area contributed by atoms with Crippen molar-refractivity contribution in [2.24, 2.45) is 0 Å². The summed E-state index contributed by atoms with van der Waals surface area (Å²) in [6.45, 7) is 1.12. The van der Waals surface area contributed by atoms with Crippen molar-refractivity contribution < 1.29 is 9.59 Å². The van der Waals surface area contributed by atoms with Crippen LogP contribution < -0.4 is 0 Å². The molecule has 0 amide bonds. The number of rotatable bonds is 5. The summed E-state index contributed by atoms with van der Waals surface area (Å²) in [5, 5.41) is 0. The number of allylic oxidation sites excluding steroid dienone is 2. The predicted octanol–water partition coefficient (Wildman–Crippen LogP) is 4.65. The highest BCUT2D eigenvalue weighted by molar-refractivity contribution is 6.24. The van der Waals surface area contributed by atoms with Crippen LogP contribution in [0.15, 0.2) is 96.7 Å². The Kier molecular flexibility index (Phi) is 4.67. The van der Waals surface area contributed by atoms with Crippen molar-refractivity contribution in [3.05, 3.63) is 119 Å². The second-order valence-corrected chi connectivity index (χ2v) is 6.60. The van der Waals surface area contributed by atoms with E-state index >= 15 is 0 Å². The highest BCUT2D eigenvalue weighted by Gasteiger charge is 2.28. The minimum absolute atomic E-state index is 0.0999. The zero-order valence-electron chi connectivity index (χ0n) is 14.8. The van der Waals surface area contributed by atoms with Gasteiger partial charge in [-0.05, 0) is 11.1 Å². The normalized spacial score (nSPS) is 13.1. The van der Waals surface area contributed by atoms with Gasteiger partial charge in [0.2, 0.25) is 5.78 Å². The van der Waals surface area contributed by atoms with Gasteiger partial charge in [0.1, 0.15) is 0 Å². The largest absolute Gasteiger partial charge is 0.360 e. The van der Waals surface area contributed by atoms with Gasteiger partial charge in [0.25, 0.3) is 0 Å². The highest BCUT2D eigenvalue weighted by Crippen LogP contribution is 2.26. The smallest absolute Gasteiger partial charge is 0.209 e. The van der Waals surface area contributed by atoms with E-state index in [0.29, 0.717) is 29.9 Å². The van der Waals surface area contributed by atoms with Gasteiger partial charge in [0.15, 0.2) is 5.78 Å². The molecule has 0 heterocycles. The number of fused-ring (bicyclic) bond motifs is 1. The van der Waals surface area contributed by atoms with Gasteiger partial charge in [-0.1, -0.05) is 84.9 Å². The van der Waals surface area contributed by atoms with Gasteiger partial charge >= 0.3 is 0 Å². The molecule has 0 unspecified atom stereocenters. The molecule has 3 aromatic carbocycles. The summed E-state index contributed by atoms with van der Waals surface area (Å²) in [5.74, 6) is -0.219. The van der Waals surface area contributed by atoms with Crippen LogP contribution in [0.4, 0.5) is 0 Å². The van der Waals surface area contributed by atoms with E-state index in [1.54, 1.807) is 24.3 Å². The first-order valence-corrected chi connectivity index (χ1v) is 8.95. The van der Waals surface area contributed by atoms with Crippen molar-refractivity contribution >= 4 is 11.6 Å². The fourth-order valence-corrected chi connectivity index (χ4v) is 3.37. The average Bonchev–Trinajstić information content (AvgIpc) is 2.72. The molecule has 0 spiro atoms. The summed E-state index contributed by atoms with van der Waals surface area (Å²) >= 11 is 0. The molecule has 3 aromatic rings. The van der Waals surface area contributed by atoms with Crippen LogP contribution in [0, 0.1) is 0 Å². The van der Waals surface area contributed by atoms with Gasteiger partial charge in [-0.3, -0.25) is 9.59 Å². The Morgan fingerprint density at radius 1 is 0.593 bits per heavy atom. The van der Waals surface area contributed by atoms with Crippen LogP contribution in [0.25, 0.3) is 0 Å². The molecule has 0 fully saturated rings. The summed E-state index contributed by atoms with van der Waals surface area (Å²) in [6, 6.07) is 27.0. The van der Waals surface area contributed by atoms with Gasteiger partial charge in [-0.15, -0.1) is 0 Å². The quantitative estimate of drug-likeness (QED) is 0.670. The van der Waals surface area contributed by atoms with E-state index in [-0.39, 0.29) is 11.6 Å². The third-order valence-electron chi connectivity index (χ3n) is 4.71. The van der Waals surface area contributed by atoms with Gasteiger partial charge < -0.3 is 4.90 Å². The van der Waals surface area contributed by atoms with E-state index in [1.165, 1.54) is 6.08 Å². The molecule has 132 valence electrons. The third-order valence-corrected chi connectivity index (χ3v) is 4.71. The number of ketones is 2. The minimum Gasteiger partial charge on any atom is -0.360 e. The number of Topliss-reactive ketones (excluding diaryl/α,β-unsaturated/α-hetero) is 1. The van der Waals surface area contributed by atoms with Crippen molar-refractivity contribution in [2.75, 3.05) is 0 Å². The number of carbonyl (C=O) groups excluding carboxylic acids is 2. The molecule has 0 atom stereocenters. The maximum Gasteiger partial charge on any atom is 0.209 e. The minimum atomic E-state index is -0.119. The lowest BCUT2D eigenvalue weighted by Gasteiger charge is -2.29. The lowest BCUT2D eigenvalue weighted by molar-refractivity contribution is 0.0945. The second kappa shape index (κ2) is 7.42. The molecular formula is C24H19NO2. The highest BCUT2D eigenvalue weighted by atomic mass is 16.1. The Balaban J connectivity index is 1.72. The molecule has 3 heteroatoms. The number of hydrogen-bond acceptors (Lipinski definition) is 3. The summed E-state index contributed by atoms with van der Waals surface area (Å²) in [6.07, 6.45) is 1.48. The van der Waals surface area contributed by atoms with Gasteiger partial charge in [0, 0.05) is 30.3 Å². The number of hydrogen-bond donors (Lipinski definition) is 0. The van der Waals surface area contributed by atoms with Crippen LogP contribution in [-0.4, -0.2) is 16.5 Å². The van der Waals surface area contributed by atoms with E-state index in [1.807, 2.05) is 65.6 Å². The lowest BCUT2D eigenvalue weighted by Crippen LogP contribution is -2.31. The van der Waals surface area contributed by atoms with Gasteiger partial charge in [-0.25, -0.2) is 0 Å². The van der Waals surface area contributed by atoms with Crippen molar-refractivity contribution in [1.29, 1.82) is 0 Å². The molecule has 3 nitrogen and oxygen atoms in total. The molecule has 4 rings (SSSR count). The van der Waals surface area contributed by atoms with Crippen LogP contribution >= 0.6 is 0 Å². The maximum absolute atomic E-state index is 13.1. The van der Waals surface area contributed by atoms with Crippen molar-refractivity contribution in [2.45, 2.75) is 13.1 Å². The average molecular weight is 353 g/mol. The first kappa shape index (κ1) is 17.0. The van der Waals surface area contributed by atoms with Gasteiger partial charge in [0.05, 0.1) is 5.70 Å². The van der Waals surface area contributed by atoms with E-state index in [0.717, 1.165) is 11.1 Å².